The molecule has 10 rings (SSSR count). The molecule has 0 spiro atoms. The van der Waals surface area contributed by atoms with Gasteiger partial charge < -0.3 is 50.7 Å². The van der Waals surface area contributed by atoms with Crippen molar-refractivity contribution >= 4 is 188 Å². The van der Waals surface area contributed by atoms with Crippen molar-refractivity contribution in [1.29, 1.82) is 5.26 Å². The van der Waals surface area contributed by atoms with E-state index in [9.17, 15) is 49.1 Å². The van der Waals surface area contributed by atoms with Crippen LogP contribution in [0.15, 0.2) is 153 Å². The van der Waals surface area contributed by atoms with Gasteiger partial charge in [0, 0.05) is 35.7 Å². The zero-order valence-electron chi connectivity index (χ0n) is 48.7. The Hall–Kier alpha value is -6.44. The summed E-state index contributed by atoms with van der Waals surface area (Å²) in [6, 6.07) is 26.3. The van der Waals surface area contributed by atoms with Gasteiger partial charge in [-0.15, -0.1) is 0 Å². The van der Waals surface area contributed by atoms with Gasteiger partial charge in [-0.25, -0.2) is 14.8 Å². The molecule has 0 aliphatic rings. The van der Waals surface area contributed by atoms with Crippen molar-refractivity contribution in [3.8, 4) is 45.9 Å². The molecular weight excluding hydrogens is 1770 g/mol. The van der Waals surface area contributed by atoms with Crippen molar-refractivity contribution in [2.45, 2.75) is 25.5 Å². The third-order valence-corrected chi connectivity index (χ3v) is 18.7. The first-order valence-corrected chi connectivity index (χ1v) is 31.3. The number of alkyl halides is 9. The van der Waals surface area contributed by atoms with E-state index < -0.39 is 46.4 Å². The van der Waals surface area contributed by atoms with Gasteiger partial charge in [-0.3, -0.25) is 9.59 Å². The summed E-state index contributed by atoms with van der Waals surface area (Å²) in [5.74, 6) is 1.31. The molecule has 2 aromatic heterocycles. The molecule has 2 heterocycles. The van der Waals surface area contributed by atoms with Crippen molar-refractivity contribution in [3.05, 3.63) is 215 Å². The molecule has 0 bridgehead atoms. The van der Waals surface area contributed by atoms with E-state index in [1.807, 2.05) is 19.1 Å². The number of amides is 1. The van der Waals surface area contributed by atoms with Gasteiger partial charge in [0.1, 0.15) is 28.0 Å². The SMILES string of the molecule is COc1cc(Br)c(Cl)c(Br)c1N.COc1cc(Br)c(Cl)c(Br)c1NC(=O)c1ccc(C(F)(F)F)cc1.COc1cc(Br)c(Cl)c2oc(-c3ccc(C(F)(F)F)cc3)nc12.Cc1ccc(C(=O)Cl)cc1.[C-]#N.[C-]#[N+]c1cc(OC)c2nc(-c3ccc(C(F)(F)F)cc3)oc2c1Cl.[Cu+]. The fourth-order valence-electron chi connectivity index (χ4n) is 7.53. The molecule has 0 unspecified atom stereocenters. The number of rotatable bonds is 9. The molecule has 1 amide bonds. The maximum Gasteiger partial charge on any atom is 1.00 e. The minimum Gasteiger partial charge on any atom is -0.512 e. The number of nitrogen functional groups attached to an aromatic ring is 1. The van der Waals surface area contributed by atoms with Crippen LogP contribution in [0.1, 0.15) is 43.0 Å². The molecule has 0 atom stereocenters. The summed E-state index contributed by atoms with van der Waals surface area (Å²) in [5.41, 5.74) is 7.90. The second-order valence-corrected chi connectivity index (χ2v) is 24.3. The van der Waals surface area contributed by atoms with Crippen LogP contribution in [-0.2, 0) is 35.6 Å². The number of nitrogens with one attached hydrogen (secondary N) is 1. The van der Waals surface area contributed by atoms with Gasteiger partial charge in [-0.1, -0.05) is 64.1 Å². The minimum atomic E-state index is -4.46. The predicted octanol–water partition coefficient (Wildman–Crippen LogP) is 23.7. The maximum absolute atomic E-state index is 12.6. The van der Waals surface area contributed by atoms with Crippen LogP contribution >= 0.6 is 138 Å². The van der Waals surface area contributed by atoms with Crippen molar-refractivity contribution in [2.75, 3.05) is 39.5 Å². The third kappa shape index (κ3) is 20.8. The normalized spacial score (nSPS) is 10.8. The number of hydrogen-bond donors (Lipinski definition) is 2. The Balaban J connectivity index is 0.000000261. The predicted molar refractivity (Wildman–Crippen MR) is 363 cm³/mol. The van der Waals surface area contributed by atoms with Gasteiger partial charge in [0.25, 0.3) is 11.1 Å². The van der Waals surface area contributed by atoms with E-state index in [4.69, 9.17) is 110 Å². The molecule has 0 aliphatic heterocycles. The Kier molecular flexibility index (Phi) is 30.6. The number of benzene rings is 8. The van der Waals surface area contributed by atoms with Gasteiger partial charge in [0.15, 0.2) is 22.2 Å². The molecule has 14 nitrogen and oxygen atoms in total. The number of fused-ring (bicyclic) bond motifs is 2. The summed E-state index contributed by atoms with van der Waals surface area (Å²) in [6.07, 6.45) is -13.3. The number of anilines is 2. The van der Waals surface area contributed by atoms with Gasteiger partial charge >= 0.3 is 35.6 Å². The number of aryl methyl sites for hydroxylation is 1. The van der Waals surface area contributed by atoms with Gasteiger partial charge in [0.05, 0.1) is 87.1 Å². The molecule has 0 aliphatic carbocycles. The second kappa shape index (κ2) is 35.9. The van der Waals surface area contributed by atoms with Crippen LogP contribution in [0, 0.1) is 25.3 Å². The van der Waals surface area contributed by atoms with Crippen molar-refractivity contribution in [3.63, 3.8) is 0 Å². The number of halogens is 19. The molecule has 96 heavy (non-hydrogen) atoms. The van der Waals surface area contributed by atoms with Crippen LogP contribution in [0.25, 0.3) is 50.0 Å². The topological polar surface area (TPSA) is 189 Å². The van der Waals surface area contributed by atoms with Gasteiger partial charge in [-0.2, -0.15) is 39.5 Å². The van der Waals surface area contributed by atoms with Crippen LogP contribution < -0.4 is 30.0 Å². The molecule has 10 aromatic rings. The van der Waals surface area contributed by atoms with Crippen LogP contribution in [0.3, 0.4) is 0 Å². The number of oxazole rings is 2. The van der Waals surface area contributed by atoms with Crippen LogP contribution in [-0.4, -0.2) is 49.6 Å². The van der Waals surface area contributed by atoms with Crippen molar-refractivity contribution < 1.29 is 94.0 Å². The largest absolute Gasteiger partial charge is 1.00 e. The number of carbonyl (C=O) groups excluding carboxylic acids is 2. The number of methoxy groups -OCH3 is 4. The monoisotopic (exact) mass is 1800 g/mol. The first kappa shape index (κ1) is 82.0. The summed E-state index contributed by atoms with van der Waals surface area (Å²) in [6.45, 7) is 13.8. The Morgan fingerprint density at radius 1 is 0.542 bits per heavy atom. The maximum atomic E-state index is 12.6. The van der Waals surface area contributed by atoms with E-state index in [2.05, 4.69) is 99.8 Å². The molecule has 0 fully saturated rings. The van der Waals surface area contributed by atoms with E-state index in [0.717, 1.165) is 58.6 Å². The van der Waals surface area contributed by atoms with E-state index in [1.165, 1.54) is 51.7 Å². The van der Waals surface area contributed by atoms with Crippen LogP contribution in [0.4, 0.5) is 56.6 Å². The summed E-state index contributed by atoms with van der Waals surface area (Å²) in [4.78, 5) is 34.6. The first-order chi connectivity index (χ1) is 44.6. The fourth-order valence-corrected chi connectivity index (χ4v) is 11.0. The van der Waals surface area contributed by atoms with E-state index in [1.54, 1.807) is 37.4 Å². The fraction of sp³-hybridized carbons (Fsp3) is 0.129. The number of aromatic nitrogens is 2. The first-order valence-electron chi connectivity index (χ1n) is 25.5. The Labute approximate surface area is 617 Å². The average molecular weight is 1810 g/mol. The Morgan fingerprint density at radius 3 is 1.29 bits per heavy atom. The number of nitrogens with two attached hydrogens (primary N) is 1. The third-order valence-electron chi connectivity index (χ3n) is 12.3. The molecular formula is C62H38Br5Cl5CuF9N6O8. The smallest absolute Gasteiger partial charge is 0.512 e. The zero-order chi connectivity index (χ0) is 71.2. The molecule has 0 radical (unpaired) electrons. The summed E-state index contributed by atoms with van der Waals surface area (Å²) >= 11 is 45.8. The molecule has 0 saturated carbocycles. The molecule has 0 saturated heterocycles. The van der Waals surface area contributed by atoms with Crippen LogP contribution in [0.2, 0.25) is 20.1 Å². The Bertz CT molecular complexity index is 4470. The zero-order valence-corrected chi connectivity index (χ0v) is 61.3. The number of carbonyl (C=O) groups is 2. The van der Waals surface area contributed by atoms with Crippen molar-refractivity contribution in [1.82, 2.24) is 9.97 Å². The number of ether oxygens (including phenoxy) is 4. The molecule has 3 N–H and O–H groups in total. The van der Waals surface area contributed by atoms with Crippen LogP contribution in [0.5, 0.6) is 23.0 Å². The summed E-state index contributed by atoms with van der Waals surface area (Å²) in [7, 11) is 5.85. The quantitative estimate of drug-likeness (QED) is 0.0348. The number of hydrogen-bond acceptors (Lipinski definition) is 12. The van der Waals surface area contributed by atoms with Gasteiger partial charge in [0.2, 0.25) is 17.5 Å². The summed E-state index contributed by atoms with van der Waals surface area (Å²) < 4.78 is 148. The van der Waals surface area contributed by atoms with E-state index >= 15 is 0 Å². The Morgan fingerprint density at radius 2 is 0.896 bits per heavy atom. The minimum absolute atomic E-state index is 0. The number of nitrogens with zero attached hydrogens (tertiary/aromatic N) is 4. The molecule has 8 aromatic carbocycles. The molecule has 508 valence electrons. The summed E-state index contributed by atoms with van der Waals surface area (Å²) in [5, 5.41) is 9.68. The van der Waals surface area contributed by atoms with Gasteiger partial charge in [-0.05, 0) is 207 Å². The van der Waals surface area contributed by atoms with E-state index in [-0.39, 0.29) is 56.4 Å². The van der Waals surface area contributed by atoms with Crippen molar-refractivity contribution in [2.24, 2.45) is 0 Å². The second-order valence-electron chi connectivity index (χ2n) is 18.3. The van der Waals surface area contributed by atoms with E-state index in [0.29, 0.717) is 95.0 Å². The average Bonchev–Trinajstić information content (AvgIpc) is 1.61. The standard InChI is InChI=1S/C16H8ClF3N2O2.C15H9Br2ClF3NO2.C15H8BrClF3NO2.C8H7ClO.C7H6Br2ClNO.CN.Cu/c1-21-10-7-11(23-2)13-14(12(10)17)24-15(22-13)8-3-5-9(6-4-8)16(18,19)20;1-24-10-6-9(16)12(18)11(17)13(10)22-14(23)7-2-4-8(5-3-7)15(19,20)21;1-22-10-6-9(16)11(17)13-12(10)21-14(23-13)7-2-4-8(5-3-7)15(18,19)20;1-6-2-4-7(5-3-6)8(9)10;1-12-4-2-3(8)6(10)5(9)7(4)11;1-2;/h3-7H,2H3;2-6H,1H3,(H,22,23);2-6H,1H3;2-5H,1H3;2H,11H2,1H3;;/q;;;;;-1;+1. The molecule has 34 heteroatoms.